The number of aromatic nitrogens is 1. The Morgan fingerprint density at radius 2 is 1.79 bits per heavy atom. The summed E-state index contributed by atoms with van der Waals surface area (Å²) in [6.45, 7) is 2.15. The van der Waals surface area contributed by atoms with Crippen molar-refractivity contribution >= 4 is 16.6 Å². The average Bonchev–Trinajstić information content (AvgIpc) is 2.46. The number of nitrogens with two attached hydrogens (primary N) is 1. The van der Waals surface area contributed by atoms with Gasteiger partial charge in [-0.3, -0.25) is 0 Å². The molecule has 0 saturated heterocycles. The van der Waals surface area contributed by atoms with Crippen LogP contribution in [0.1, 0.15) is 12.5 Å². The Morgan fingerprint density at radius 3 is 2.53 bits per heavy atom. The van der Waals surface area contributed by atoms with Gasteiger partial charge in [-0.25, -0.2) is 4.98 Å². The maximum absolute atomic E-state index is 5.84. The first kappa shape index (κ1) is 11.7. The van der Waals surface area contributed by atoms with Gasteiger partial charge in [-0.1, -0.05) is 37.3 Å². The van der Waals surface area contributed by atoms with Gasteiger partial charge in [0.1, 0.15) is 0 Å². The van der Waals surface area contributed by atoms with Crippen LogP contribution in [0.5, 0.6) is 0 Å². The van der Waals surface area contributed by atoms with E-state index < -0.39 is 0 Å². The fraction of sp³-hybridized carbons (Fsp3) is 0.118. The molecule has 0 aliphatic heterocycles. The fourth-order valence-corrected chi connectivity index (χ4v) is 2.35. The van der Waals surface area contributed by atoms with Crippen molar-refractivity contribution in [1.82, 2.24) is 4.98 Å². The summed E-state index contributed by atoms with van der Waals surface area (Å²) in [4.78, 5) is 4.80. The number of fused-ring (bicyclic) bond motifs is 1. The lowest BCUT2D eigenvalue weighted by molar-refractivity contribution is 1.12. The fourth-order valence-electron chi connectivity index (χ4n) is 2.35. The number of anilines is 1. The molecule has 0 spiro atoms. The Bertz CT molecular complexity index is 718. The molecule has 0 bridgehead atoms. The van der Waals surface area contributed by atoms with Crippen LogP contribution in [0.3, 0.4) is 0 Å². The summed E-state index contributed by atoms with van der Waals surface area (Å²) in [6.07, 6.45) is 0.960. The van der Waals surface area contributed by atoms with Gasteiger partial charge < -0.3 is 5.73 Å². The molecule has 0 radical (unpaired) electrons. The highest BCUT2D eigenvalue weighted by molar-refractivity contribution is 5.85. The lowest BCUT2D eigenvalue weighted by Crippen LogP contribution is -1.94. The Balaban J connectivity index is 2.27. The van der Waals surface area contributed by atoms with Crippen molar-refractivity contribution in [2.75, 3.05) is 5.73 Å². The highest BCUT2D eigenvalue weighted by Gasteiger charge is 2.07. The molecule has 94 valence electrons. The summed E-state index contributed by atoms with van der Waals surface area (Å²) >= 11 is 0. The lowest BCUT2D eigenvalue weighted by Gasteiger charge is -2.10. The van der Waals surface area contributed by atoms with Gasteiger partial charge in [-0.15, -0.1) is 0 Å². The Morgan fingerprint density at radius 1 is 1.00 bits per heavy atom. The number of nitrogens with zero attached hydrogens (tertiary/aromatic N) is 1. The van der Waals surface area contributed by atoms with E-state index in [0.717, 1.165) is 34.3 Å². The molecule has 1 heterocycles. The van der Waals surface area contributed by atoms with Crippen LogP contribution in [0.2, 0.25) is 0 Å². The zero-order valence-corrected chi connectivity index (χ0v) is 10.9. The molecule has 0 saturated carbocycles. The maximum Gasteiger partial charge on any atom is 0.0741 e. The molecule has 0 aliphatic rings. The molecular weight excluding hydrogens is 232 g/mol. The van der Waals surface area contributed by atoms with Crippen LogP contribution in [0, 0.1) is 0 Å². The normalized spacial score (nSPS) is 10.8. The van der Waals surface area contributed by atoms with Gasteiger partial charge in [0.05, 0.1) is 11.2 Å². The summed E-state index contributed by atoms with van der Waals surface area (Å²) in [7, 11) is 0. The lowest BCUT2D eigenvalue weighted by atomic mass is 10.0. The van der Waals surface area contributed by atoms with E-state index in [-0.39, 0.29) is 0 Å². The SMILES string of the molecule is CCc1cc2cc(N)ccc2nc1-c1ccccc1. The van der Waals surface area contributed by atoms with E-state index in [9.17, 15) is 0 Å². The Hall–Kier alpha value is -2.35. The Kier molecular flexibility index (Phi) is 2.92. The van der Waals surface area contributed by atoms with E-state index in [1.54, 1.807) is 0 Å². The second-order valence-corrected chi connectivity index (χ2v) is 4.67. The molecular formula is C17H16N2. The molecule has 3 rings (SSSR count). The molecule has 2 N–H and O–H groups in total. The standard InChI is InChI=1S/C17H16N2/c1-2-12-10-14-11-15(18)8-9-16(14)19-17(12)13-6-4-3-5-7-13/h3-11H,2,18H2,1H3. The molecule has 2 aromatic carbocycles. The van der Waals surface area contributed by atoms with Crippen LogP contribution >= 0.6 is 0 Å². The van der Waals surface area contributed by atoms with Gasteiger partial charge in [0.15, 0.2) is 0 Å². The predicted octanol–water partition coefficient (Wildman–Crippen LogP) is 4.05. The first-order chi connectivity index (χ1) is 9.28. The molecule has 1 aromatic heterocycles. The topological polar surface area (TPSA) is 38.9 Å². The van der Waals surface area contributed by atoms with Gasteiger partial charge >= 0.3 is 0 Å². The highest BCUT2D eigenvalue weighted by Crippen LogP contribution is 2.26. The summed E-state index contributed by atoms with van der Waals surface area (Å²) < 4.78 is 0. The number of pyridine rings is 1. The van der Waals surface area contributed by atoms with Gasteiger partial charge in [-0.05, 0) is 36.2 Å². The van der Waals surface area contributed by atoms with Crippen LogP contribution in [0.25, 0.3) is 22.2 Å². The van der Waals surface area contributed by atoms with Crippen molar-refractivity contribution < 1.29 is 0 Å². The van der Waals surface area contributed by atoms with Crippen molar-refractivity contribution in [2.45, 2.75) is 13.3 Å². The molecule has 2 nitrogen and oxygen atoms in total. The number of hydrogen-bond acceptors (Lipinski definition) is 2. The first-order valence-corrected chi connectivity index (χ1v) is 6.52. The monoisotopic (exact) mass is 248 g/mol. The molecule has 2 heteroatoms. The van der Waals surface area contributed by atoms with Crippen LogP contribution < -0.4 is 5.73 Å². The molecule has 0 aliphatic carbocycles. The summed E-state index contributed by atoms with van der Waals surface area (Å²) in [6, 6.07) is 18.4. The number of aryl methyl sites for hydroxylation is 1. The number of benzene rings is 2. The predicted molar refractivity (Wildman–Crippen MR) is 81.0 cm³/mol. The first-order valence-electron chi connectivity index (χ1n) is 6.52. The van der Waals surface area contributed by atoms with Crippen molar-refractivity contribution in [3.63, 3.8) is 0 Å². The van der Waals surface area contributed by atoms with Crippen LogP contribution in [-0.4, -0.2) is 4.98 Å². The Labute approximate surface area is 112 Å². The van der Waals surface area contributed by atoms with E-state index in [2.05, 4.69) is 25.1 Å². The third-order valence-corrected chi connectivity index (χ3v) is 3.35. The molecule has 3 aromatic rings. The smallest absolute Gasteiger partial charge is 0.0741 e. The average molecular weight is 248 g/mol. The molecule has 0 unspecified atom stereocenters. The van der Waals surface area contributed by atoms with E-state index in [1.165, 1.54) is 5.56 Å². The van der Waals surface area contributed by atoms with Gasteiger partial charge in [0.2, 0.25) is 0 Å². The molecule has 0 fully saturated rings. The zero-order chi connectivity index (χ0) is 13.2. The number of hydrogen-bond donors (Lipinski definition) is 1. The quantitative estimate of drug-likeness (QED) is 0.695. The van der Waals surface area contributed by atoms with Crippen molar-refractivity contribution in [3.05, 3.63) is 60.2 Å². The van der Waals surface area contributed by atoms with Crippen LogP contribution in [0.15, 0.2) is 54.6 Å². The number of rotatable bonds is 2. The minimum Gasteiger partial charge on any atom is -0.399 e. The van der Waals surface area contributed by atoms with E-state index >= 15 is 0 Å². The summed E-state index contributed by atoms with van der Waals surface area (Å²) in [5, 5.41) is 1.11. The summed E-state index contributed by atoms with van der Waals surface area (Å²) in [5.74, 6) is 0. The van der Waals surface area contributed by atoms with Crippen LogP contribution in [-0.2, 0) is 6.42 Å². The third-order valence-electron chi connectivity index (χ3n) is 3.35. The second-order valence-electron chi connectivity index (χ2n) is 4.67. The highest BCUT2D eigenvalue weighted by atomic mass is 14.7. The number of nitrogen functional groups attached to an aromatic ring is 1. The van der Waals surface area contributed by atoms with Gasteiger partial charge in [-0.2, -0.15) is 0 Å². The minimum atomic E-state index is 0.781. The van der Waals surface area contributed by atoms with E-state index in [1.807, 2.05) is 36.4 Å². The van der Waals surface area contributed by atoms with Gasteiger partial charge in [0.25, 0.3) is 0 Å². The van der Waals surface area contributed by atoms with Crippen LogP contribution in [0.4, 0.5) is 5.69 Å². The summed E-state index contributed by atoms with van der Waals surface area (Å²) in [5.41, 5.74) is 11.1. The van der Waals surface area contributed by atoms with E-state index in [4.69, 9.17) is 10.7 Å². The zero-order valence-electron chi connectivity index (χ0n) is 10.9. The minimum absolute atomic E-state index is 0.781. The van der Waals surface area contributed by atoms with Gasteiger partial charge in [0, 0.05) is 16.6 Å². The molecule has 0 amide bonds. The second kappa shape index (κ2) is 4.73. The maximum atomic E-state index is 5.84. The largest absolute Gasteiger partial charge is 0.399 e. The third kappa shape index (κ3) is 2.17. The molecule has 19 heavy (non-hydrogen) atoms. The van der Waals surface area contributed by atoms with E-state index in [0.29, 0.717) is 0 Å². The van der Waals surface area contributed by atoms with Crippen molar-refractivity contribution in [1.29, 1.82) is 0 Å². The van der Waals surface area contributed by atoms with Crippen molar-refractivity contribution in [3.8, 4) is 11.3 Å². The van der Waals surface area contributed by atoms with Crippen molar-refractivity contribution in [2.24, 2.45) is 0 Å². The molecule has 0 atom stereocenters.